The summed E-state index contributed by atoms with van der Waals surface area (Å²) in [5.41, 5.74) is 0.380. The van der Waals surface area contributed by atoms with Gasteiger partial charge in [0.1, 0.15) is 29.1 Å². The maximum absolute atomic E-state index is 13.7. The van der Waals surface area contributed by atoms with E-state index in [9.17, 15) is 32.3 Å². The Morgan fingerprint density at radius 2 is 1.70 bits per heavy atom. The summed E-state index contributed by atoms with van der Waals surface area (Å²) in [6, 6.07) is 17.8. The van der Waals surface area contributed by atoms with Gasteiger partial charge in [-0.25, -0.2) is 14.2 Å². The van der Waals surface area contributed by atoms with Gasteiger partial charge in [0, 0.05) is 36.5 Å². The molecule has 0 amide bonds. The van der Waals surface area contributed by atoms with Gasteiger partial charge < -0.3 is 19.6 Å². The Bertz CT molecular complexity index is 1560. The van der Waals surface area contributed by atoms with E-state index in [4.69, 9.17) is 9.15 Å². The number of hydrogen-bond donors (Lipinski definition) is 2. The number of allylic oxidation sites excluding steroid dienone is 2. The number of aliphatic carboxylic acids is 1. The summed E-state index contributed by atoms with van der Waals surface area (Å²) in [4.78, 5) is 28.7. The second-order valence-electron chi connectivity index (χ2n) is 9.52. The van der Waals surface area contributed by atoms with Crippen molar-refractivity contribution in [3.8, 4) is 17.2 Å². The Morgan fingerprint density at radius 1 is 1.02 bits per heavy atom. The zero-order valence-electron chi connectivity index (χ0n) is 23.0. The van der Waals surface area contributed by atoms with E-state index in [1.807, 2.05) is 12.2 Å². The highest BCUT2D eigenvalue weighted by atomic mass is 19.4. The van der Waals surface area contributed by atoms with Crippen LogP contribution in [0.4, 0.5) is 17.6 Å². The Kier molecular flexibility index (Phi) is 9.97. The van der Waals surface area contributed by atoms with E-state index in [2.05, 4.69) is 4.98 Å². The number of rotatable bonds is 13. The van der Waals surface area contributed by atoms with Crippen LogP contribution in [0.1, 0.15) is 34.3 Å². The largest absolute Gasteiger partial charge is 0.493 e. The van der Waals surface area contributed by atoms with Crippen molar-refractivity contribution in [1.29, 1.82) is 0 Å². The lowest BCUT2D eigenvalue weighted by Gasteiger charge is -2.20. The highest BCUT2D eigenvalue weighted by molar-refractivity contribution is 6.05. The third-order valence-electron chi connectivity index (χ3n) is 6.43. The molecule has 1 aromatic heterocycles. The van der Waals surface area contributed by atoms with E-state index in [1.165, 1.54) is 36.4 Å². The molecule has 0 spiro atoms. The van der Waals surface area contributed by atoms with Crippen LogP contribution in [0.2, 0.25) is 0 Å². The highest BCUT2D eigenvalue weighted by Crippen LogP contribution is 2.26. The number of benzene rings is 3. The lowest BCUT2D eigenvalue weighted by Crippen LogP contribution is -2.42. The minimum absolute atomic E-state index is 0.0382. The van der Waals surface area contributed by atoms with Crippen LogP contribution in [0.15, 0.2) is 95.1 Å². The van der Waals surface area contributed by atoms with Gasteiger partial charge in [0.15, 0.2) is 5.78 Å². The average Bonchev–Trinajstić information content (AvgIpc) is 3.40. The van der Waals surface area contributed by atoms with E-state index >= 15 is 0 Å². The molecule has 0 fully saturated rings. The maximum Gasteiger partial charge on any atom is 0.431 e. The van der Waals surface area contributed by atoms with Crippen molar-refractivity contribution in [2.24, 2.45) is 0 Å². The van der Waals surface area contributed by atoms with Crippen LogP contribution in [0.5, 0.6) is 5.75 Å². The Labute approximate surface area is 244 Å². The molecule has 0 aliphatic carbocycles. The number of aromatic nitrogens is 1. The van der Waals surface area contributed by atoms with Gasteiger partial charge in [-0.05, 0) is 42.0 Å². The molecule has 0 saturated carbocycles. The number of alkyl halides is 3. The van der Waals surface area contributed by atoms with Gasteiger partial charge in [0.05, 0.1) is 12.3 Å². The molecule has 4 aromatic rings. The molecule has 0 bridgehead atoms. The molecular weight excluding hydrogens is 568 g/mol. The third kappa shape index (κ3) is 8.54. The van der Waals surface area contributed by atoms with Gasteiger partial charge in [-0.3, -0.25) is 4.79 Å². The first-order chi connectivity index (χ1) is 20.5. The quantitative estimate of drug-likeness (QED) is 0.102. The van der Waals surface area contributed by atoms with Crippen molar-refractivity contribution in [2.75, 3.05) is 6.61 Å². The molecule has 7 nitrogen and oxygen atoms in total. The number of ether oxygens (including phenoxy) is 1. The first-order valence-corrected chi connectivity index (χ1v) is 13.4. The van der Waals surface area contributed by atoms with Crippen LogP contribution in [-0.2, 0) is 24.1 Å². The zero-order chi connectivity index (χ0) is 31.0. The van der Waals surface area contributed by atoms with Gasteiger partial charge in [0.25, 0.3) is 0 Å². The molecule has 43 heavy (non-hydrogen) atoms. The number of carbonyl (C=O) groups is 2. The molecule has 0 radical (unpaired) electrons. The predicted octanol–water partition coefficient (Wildman–Crippen LogP) is 6.58. The first kappa shape index (κ1) is 31.0. The predicted molar refractivity (Wildman–Crippen MR) is 150 cm³/mol. The second kappa shape index (κ2) is 13.8. The monoisotopic (exact) mass is 596 g/mol. The summed E-state index contributed by atoms with van der Waals surface area (Å²) >= 11 is 0. The first-order valence-electron chi connectivity index (χ1n) is 13.4. The van der Waals surface area contributed by atoms with Gasteiger partial charge in [-0.1, -0.05) is 49.4 Å². The van der Waals surface area contributed by atoms with Gasteiger partial charge >= 0.3 is 12.1 Å². The zero-order valence-corrected chi connectivity index (χ0v) is 23.0. The topological polar surface area (TPSA) is 102 Å². The lowest BCUT2D eigenvalue weighted by atomic mass is 10.0. The van der Waals surface area contributed by atoms with E-state index in [-0.39, 0.29) is 24.4 Å². The average molecular weight is 597 g/mol. The maximum atomic E-state index is 13.7. The fourth-order valence-electron chi connectivity index (χ4n) is 4.20. The van der Waals surface area contributed by atoms with Crippen LogP contribution in [-0.4, -0.2) is 40.7 Å². The Morgan fingerprint density at radius 3 is 2.30 bits per heavy atom. The molecule has 2 N–H and O–H groups in total. The van der Waals surface area contributed by atoms with E-state index in [1.54, 1.807) is 42.5 Å². The third-order valence-corrected chi connectivity index (χ3v) is 6.43. The van der Waals surface area contributed by atoms with Crippen molar-refractivity contribution in [1.82, 2.24) is 10.3 Å². The van der Waals surface area contributed by atoms with Gasteiger partial charge in [-0.15, -0.1) is 0 Å². The molecule has 3 aromatic carbocycles. The number of carbonyl (C=O) groups excluding carboxylic acids is 1. The lowest BCUT2D eigenvalue weighted by molar-refractivity contribution is -0.140. The number of aryl methyl sites for hydroxylation is 1. The van der Waals surface area contributed by atoms with Crippen molar-refractivity contribution in [2.45, 2.75) is 38.4 Å². The molecule has 11 heteroatoms. The van der Waals surface area contributed by atoms with Crippen molar-refractivity contribution in [3.63, 3.8) is 0 Å². The van der Waals surface area contributed by atoms with Crippen molar-refractivity contribution >= 4 is 11.8 Å². The molecular formula is C32H28F4N2O5. The van der Waals surface area contributed by atoms with Gasteiger partial charge in [0.2, 0.25) is 5.89 Å². The number of halogens is 4. The standard InChI is InChI=1S/C32H28F4N2O5/c1-2-28-25(38-30(43-28)22-10-12-23(33)13-11-22)16-17-42-24-14-8-20(9-15-24)18-26(31(40)41)37-29(32(34,35)36)19-27(39)21-6-4-3-5-7-21/h3-15,19,26,37H,2,16-18H2,1H3,(H,40,41)/b29-19-/t26-/m0/s1. The molecule has 224 valence electrons. The van der Waals surface area contributed by atoms with E-state index in [0.717, 1.165) is 0 Å². The van der Waals surface area contributed by atoms with Crippen LogP contribution in [0.3, 0.4) is 0 Å². The molecule has 1 heterocycles. The minimum atomic E-state index is -4.98. The van der Waals surface area contributed by atoms with Crippen LogP contribution >= 0.6 is 0 Å². The number of ketones is 1. The number of nitrogens with one attached hydrogen (secondary N) is 1. The summed E-state index contributed by atoms with van der Waals surface area (Å²) in [5.74, 6) is -1.25. The fourth-order valence-corrected chi connectivity index (χ4v) is 4.20. The number of hydrogen-bond acceptors (Lipinski definition) is 6. The van der Waals surface area contributed by atoms with Crippen molar-refractivity contribution < 1.29 is 41.4 Å². The van der Waals surface area contributed by atoms with Gasteiger partial charge in [-0.2, -0.15) is 13.2 Å². The normalized spacial score (nSPS) is 12.5. The van der Waals surface area contributed by atoms with Crippen LogP contribution in [0.25, 0.3) is 11.5 Å². The SMILES string of the molecule is CCc1oc(-c2ccc(F)cc2)nc1CCOc1ccc(C[C@H](N/C(=C\C(=O)c2ccccc2)C(F)(F)F)C(=O)O)cc1. The second-order valence-corrected chi connectivity index (χ2v) is 9.52. The molecule has 0 aliphatic rings. The van der Waals surface area contributed by atoms with Crippen LogP contribution in [0, 0.1) is 5.82 Å². The van der Waals surface area contributed by atoms with Crippen LogP contribution < -0.4 is 10.1 Å². The smallest absolute Gasteiger partial charge is 0.431 e. The molecule has 0 saturated heterocycles. The summed E-state index contributed by atoms with van der Waals surface area (Å²) in [6.07, 6.45) is -3.87. The summed E-state index contributed by atoms with van der Waals surface area (Å²) in [6.45, 7) is 2.17. The Balaban J connectivity index is 1.37. The molecule has 0 aliphatic heterocycles. The van der Waals surface area contributed by atoms with Crippen molar-refractivity contribution in [3.05, 3.63) is 119 Å². The van der Waals surface area contributed by atoms with E-state index in [0.29, 0.717) is 53.1 Å². The number of nitrogens with zero attached hydrogens (tertiary/aromatic N) is 1. The number of oxazole rings is 1. The molecule has 1 atom stereocenters. The number of carboxylic acid groups (broad SMARTS) is 1. The summed E-state index contributed by atoms with van der Waals surface area (Å²) in [5, 5.41) is 11.6. The van der Waals surface area contributed by atoms with E-state index < -0.39 is 29.7 Å². The summed E-state index contributed by atoms with van der Waals surface area (Å²) in [7, 11) is 0. The molecule has 4 rings (SSSR count). The number of carboxylic acids is 1. The minimum Gasteiger partial charge on any atom is -0.493 e. The molecule has 0 unspecified atom stereocenters. The Hall–Kier alpha value is -4.93. The summed E-state index contributed by atoms with van der Waals surface area (Å²) < 4.78 is 65.9. The highest BCUT2D eigenvalue weighted by Gasteiger charge is 2.37. The fraction of sp³-hybridized carbons (Fsp3) is 0.219.